The third kappa shape index (κ3) is 5.39. The summed E-state index contributed by atoms with van der Waals surface area (Å²) in [6.07, 6.45) is 1.51. The highest BCUT2D eigenvalue weighted by atomic mass is 32.1. The van der Waals surface area contributed by atoms with Crippen LogP contribution in [0.2, 0.25) is 0 Å². The van der Waals surface area contributed by atoms with Crippen molar-refractivity contribution < 1.29 is 28.5 Å². The van der Waals surface area contributed by atoms with Gasteiger partial charge in [-0.25, -0.2) is 4.98 Å². The number of nitrogens with zero attached hydrogens (tertiary/aromatic N) is 3. The number of ether oxygens (including phenoxy) is 4. The first kappa shape index (κ1) is 25.6. The molecule has 0 spiro atoms. The van der Waals surface area contributed by atoms with Crippen molar-refractivity contribution in [2.75, 3.05) is 33.4 Å². The number of hydrazone groups is 1. The summed E-state index contributed by atoms with van der Waals surface area (Å²) in [6, 6.07) is 15.3. The number of benzene rings is 3. The molecular formula is C27H25N3O6S. The molecule has 1 amide bonds. The van der Waals surface area contributed by atoms with Crippen LogP contribution in [0, 0.1) is 0 Å². The number of amides is 1. The molecule has 0 N–H and O–H groups in total. The van der Waals surface area contributed by atoms with Crippen LogP contribution < -0.4 is 24.0 Å². The van der Waals surface area contributed by atoms with E-state index in [2.05, 4.69) is 10.1 Å². The van der Waals surface area contributed by atoms with E-state index in [0.717, 1.165) is 4.70 Å². The first-order chi connectivity index (χ1) is 17.9. The highest BCUT2D eigenvalue weighted by Gasteiger charge is 2.22. The van der Waals surface area contributed by atoms with E-state index in [1.165, 1.54) is 50.8 Å². The van der Waals surface area contributed by atoms with Crippen molar-refractivity contribution in [2.45, 2.75) is 6.92 Å². The van der Waals surface area contributed by atoms with E-state index < -0.39 is 5.91 Å². The molecule has 0 radical (unpaired) electrons. The van der Waals surface area contributed by atoms with Crippen LogP contribution in [0.3, 0.4) is 0 Å². The smallest absolute Gasteiger partial charge is 0.280 e. The predicted octanol–water partition coefficient (Wildman–Crippen LogP) is 5.21. The van der Waals surface area contributed by atoms with Crippen LogP contribution >= 0.6 is 11.3 Å². The Labute approximate surface area is 217 Å². The van der Waals surface area contributed by atoms with Gasteiger partial charge >= 0.3 is 0 Å². The zero-order valence-electron chi connectivity index (χ0n) is 21.0. The number of thiazole rings is 1. The van der Waals surface area contributed by atoms with Gasteiger partial charge in [-0.15, -0.1) is 0 Å². The molecule has 4 rings (SSSR count). The molecule has 1 heterocycles. The van der Waals surface area contributed by atoms with E-state index in [1.807, 2.05) is 12.1 Å². The van der Waals surface area contributed by atoms with Crippen LogP contribution in [0.5, 0.6) is 23.0 Å². The lowest BCUT2D eigenvalue weighted by Crippen LogP contribution is -2.25. The number of methoxy groups -OCH3 is 4. The minimum atomic E-state index is -0.412. The van der Waals surface area contributed by atoms with Gasteiger partial charge in [-0.3, -0.25) is 9.59 Å². The van der Waals surface area contributed by atoms with Crippen molar-refractivity contribution in [1.29, 1.82) is 0 Å². The van der Waals surface area contributed by atoms with Crippen molar-refractivity contribution in [3.63, 3.8) is 0 Å². The molecule has 37 heavy (non-hydrogen) atoms. The fraction of sp³-hybridized carbons (Fsp3) is 0.185. The van der Waals surface area contributed by atoms with Crippen LogP contribution in [0.1, 0.15) is 33.2 Å². The second kappa shape index (κ2) is 11.1. The van der Waals surface area contributed by atoms with Crippen LogP contribution in [0.25, 0.3) is 10.2 Å². The van der Waals surface area contributed by atoms with Crippen molar-refractivity contribution in [2.24, 2.45) is 5.10 Å². The van der Waals surface area contributed by atoms with Gasteiger partial charge in [0.1, 0.15) is 5.75 Å². The van der Waals surface area contributed by atoms with Crippen LogP contribution in [0.4, 0.5) is 5.13 Å². The third-order valence-electron chi connectivity index (χ3n) is 5.51. The Kier molecular flexibility index (Phi) is 7.69. The molecule has 190 valence electrons. The van der Waals surface area contributed by atoms with Gasteiger partial charge in [0, 0.05) is 16.7 Å². The average Bonchev–Trinajstić information content (AvgIpc) is 3.35. The molecule has 0 aliphatic rings. The molecule has 10 heteroatoms. The fourth-order valence-corrected chi connectivity index (χ4v) is 4.52. The molecule has 9 nitrogen and oxygen atoms in total. The Hall–Kier alpha value is -4.44. The summed E-state index contributed by atoms with van der Waals surface area (Å²) >= 11 is 1.30. The van der Waals surface area contributed by atoms with Gasteiger partial charge in [0.2, 0.25) is 10.9 Å². The summed E-state index contributed by atoms with van der Waals surface area (Å²) in [4.78, 5) is 29.9. The van der Waals surface area contributed by atoms with Crippen LogP contribution in [-0.2, 0) is 0 Å². The molecular weight excluding hydrogens is 494 g/mol. The van der Waals surface area contributed by atoms with E-state index in [4.69, 9.17) is 18.9 Å². The van der Waals surface area contributed by atoms with Gasteiger partial charge in [0.25, 0.3) is 5.91 Å². The monoisotopic (exact) mass is 519 g/mol. The van der Waals surface area contributed by atoms with Crippen molar-refractivity contribution in [3.8, 4) is 23.0 Å². The molecule has 0 aliphatic carbocycles. The van der Waals surface area contributed by atoms with Gasteiger partial charge in [-0.1, -0.05) is 23.5 Å². The zero-order chi connectivity index (χ0) is 26.5. The lowest BCUT2D eigenvalue weighted by atomic mass is 10.1. The van der Waals surface area contributed by atoms with Gasteiger partial charge < -0.3 is 18.9 Å². The Bertz CT molecular complexity index is 1450. The maximum Gasteiger partial charge on any atom is 0.280 e. The number of Topliss-reactive ketones (excluding diaryl/α,β-unsaturated/α-hetero) is 1. The second-order valence-electron chi connectivity index (χ2n) is 7.78. The first-order valence-corrected chi connectivity index (χ1v) is 11.9. The quantitative estimate of drug-likeness (QED) is 0.170. The number of rotatable bonds is 9. The third-order valence-corrected chi connectivity index (χ3v) is 6.50. The molecule has 0 saturated heterocycles. The Balaban J connectivity index is 1.78. The largest absolute Gasteiger partial charge is 0.497 e. The fourth-order valence-electron chi connectivity index (χ4n) is 3.57. The Morgan fingerprint density at radius 3 is 2.08 bits per heavy atom. The van der Waals surface area contributed by atoms with Crippen molar-refractivity contribution in [3.05, 3.63) is 71.3 Å². The summed E-state index contributed by atoms with van der Waals surface area (Å²) < 4.78 is 22.4. The standard InChI is InChI=1S/C27H25N3O6S/c1-16(31)18-6-8-19(9-7-18)26(32)30(27-29-21-11-10-20(33-2)14-24(21)37-27)28-15-17-12-22(34-3)25(36-5)23(13-17)35-4/h6-15H,1-5H3/b28-15+. The maximum absolute atomic E-state index is 13.6. The lowest BCUT2D eigenvalue weighted by molar-refractivity contribution is 0.0983. The van der Waals surface area contributed by atoms with Crippen LogP contribution in [-0.4, -0.2) is 51.3 Å². The number of hydrogen-bond acceptors (Lipinski definition) is 9. The second-order valence-corrected chi connectivity index (χ2v) is 8.79. The zero-order valence-corrected chi connectivity index (χ0v) is 21.8. The summed E-state index contributed by atoms with van der Waals surface area (Å²) in [5, 5.41) is 6.09. The van der Waals surface area contributed by atoms with E-state index >= 15 is 0 Å². The van der Waals surface area contributed by atoms with E-state index in [9.17, 15) is 9.59 Å². The minimum Gasteiger partial charge on any atom is -0.497 e. The van der Waals surface area contributed by atoms with E-state index in [1.54, 1.807) is 49.6 Å². The van der Waals surface area contributed by atoms with E-state index in [0.29, 0.717) is 50.3 Å². The SMILES string of the molecule is COc1ccc2nc(N(/N=C/c3cc(OC)c(OC)c(OC)c3)C(=O)c3ccc(C(C)=O)cc3)sc2c1. The predicted molar refractivity (Wildman–Crippen MR) is 143 cm³/mol. The van der Waals surface area contributed by atoms with Gasteiger partial charge in [-0.05, 0) is 49.4 Å². The molecule has 0 saturated carbocycles. The Morgan fingerprint density at radius 1 is 0.865 bits per heavy atom. The molecule has 1 aromatic heterocycles. The maximum atomic E-state index is 13.6. The molecule has 0 unspecified atom stereocenters. The number of hydrogen-bond donors (Lipinski definition) is 0. The summed E-state index contributed by atoms with van der Waals surface area (Å²) in [5.74, 6) is 1.53. The number of carbonyl (C=O) groups is 2. The molecule has 3 aromatic carbocycles. The highest BCUT2D eigenvalue weighted by molar-refractivity contribution is 7.22. The molecule has 0 atom stereocenters. The van der Waals surface area contributed by atoms with Crippen LogP contribution in [0.15, 0.2) is 59.7 Å². The normalized spacial score (nSPS) is 10.9. The summed E-state index contributed by atoms with van der Waals surface area (Å²) in [5.41, 5.74) is 2.18. The lowest BCUT2D eigenvalue weighted by Gasteiger charge is -2.15. The number of carbonyl (C=O) groups excluding carboxylic acids is 2. The molecule has 0 bridgehead atoms. The highest BCUT2D eigenvalue weighted by Crippen LogP contribution is 2.38. The number of anilines is 1. The Morgan fingerprint density at radius 2 is 1.51 bits per heavy atom. The van der Waals surface area contributed by atoms with Gasteiger partial charge in [-0.2, -0.15) is 10.1 Å². The van der Waals surface area contributed by atoms with Crippen molar-refractivity contribution in [1.82, 2.24) is 4.98 Å². The summed E-state index contributed by atoms with van der Waals surface area (Å²) in [7, 11) is 6.15. The van der Waals surface area contributed by atoms with Gasteiger partial charge in [0.15, 0.2) is 17.3 Å². The number of fused-ring (bicyclic) bond motifs is 1. The first-order valence-electron chi connectivity index (χ1n) is 11.1. The van der Waals surface area contributed by atoms with Gasteiger partial charge in [0.05, 0.1) is 44.9 Å². The topological polar surface area (TPSA) is 99.6 Å². The number of ketones is 1. The van der Waals surface area contributed by atoms with Crippen molar-refractivity contribution >= 4 is 44.6 Å². The number of aromatic nitrogens is 1. The van der Waals surface area contributed by atoms with E-state index in [-0.39, 0.29) is 5.78 Å². The molecule has 0 aliphatic heterocycles. The minimum absolute atomic E-state index is 0.0867. The molecule has 0 fully saturated rings. The molecule has 4 aromatic rings. The summed E-state index contributed by atoms with van der Waals surface area (Å²) in [6.45, 7) is 1.47. The average molecular weight is 520 g/mol.